The molecule has 0 bridgehead atoms. The van der Waals surface area contributed by atoms with E-state index >= 15 is 0 Å². The molecular weight excluding hydrogens is 518 g/mol. The lowest BCUT2D eigenvalue weighted by Gasteiger charge is -2.26. The summed E-state index contributed by atoms with van der Waals surface area (Å²) in [5, 5.41) is 48.9. The Bertz CT molecular complexity index is 804. The number of aliphatic hydroxyl groups excluding tert-OH is 2. The van der Waals surface area contributed by atoms with Gasteiger partial charge in [-0.15, -0.1) is 0 Å². The van der Waals surface area contributed by atoms with Gasteiger partial charge in [0.15, 0.2) is 0 Å². The number of hydrogen-bond acceptors (Lipinski definition) is 7. The molecule has 0 amide bonds. The highest BCUT2D eigenvalue weighted by Crippen LogP contribution is 2.45. The van der Waals surface area contributed by atoms with Crippen molar-refractivity contribution in [3.05, 3.63) is 23.5 Å². The summed E-state index contributed by atoms with van der Waals surface area (Å²) in [6, 6.07) is 0. The minimum atomic E-state index is -0.966. The second-order valence-corrected chi connectivity index (χ2v) is 12.8. The Kier molecular flexibility index (Phi) is 17.0. The van der Waals surface area contributed by atoms with Crippen molar-refractivity contribution < 1.29 is 25.2 Å². The van der Waals surface area contributed by atoms with Crippen molar-refractivity contribution in [2.75, 3.05) is 19.6 Å². The van der Waals surface area contributed by atoms with E-state index in [4.69, 9.17) is 5.73 Å². The Morgan fingerprint density at radius 2 is 1.63 bits per heavy atom. The van der Waals surface area contributed by atoms with Crippen LogP contribution in [0.25, 0.3) is 0 Å². The van der Waals surface area contributed by atoms with E-state index < -0.39 is 23.6 Å². The van der Waals surface area contributed by atoms with Crippen LogP contribution in [0.3, 0.4) is 0 Å². The van der Waals surface area contributed by atoms with E-state index in [2.05, 4.69) is 30.6 Å². The molecule has 8 N–H and O–H groups in total. The van der Waals surface area contributed by atoms with Crippen LogP contribution in [0.5, 0.6) is 0 Å². The lowest BCUT2D eigenvalue weighted by molar-refractivity contribution is -0.146. The van der Waals surface area contributed by atoms with Gasteiger partial charge in [0.1, 0.15) is 0 Å². The van der Waals surface area contributed by atoms with Crippen molar-refractivity contribution in [1.82, 2.24) is 10.6 Å². The monoisotopic (exact) mass is 579 g/mol. The van der Waals surface area contributed by atoms with Crippen molar-refractivity contribution in [1.29, 1.82) is 0 Å². The van der Waals surface area contributed by atoms with Crippen LogP contribution in [0.15, 0.2) is 23.5 Å². The van der Waals surface area contributed by atoms with E-state index in [-0.39, 0.29) is 12.5 Å². The van der Waals surface area contributed by atoms with Gasteiger partial charge < -0.3 is 36.8 Å². The molecule has 0 spiro atoms. The molecule has 0 unspecified atom stereocenters. The minimum Gasteiger partial charge on any atom is -0.481 e. The van der Waals surface area contributed by atoms with Gasteiger partial charge in [-0.3, -0.25) is 4.79 Å². The molecule has 2 rings (SSSR count). The normalized spacial score (nSPS) is 24.8. The summed E-state index contributed by atoms with van der Waals surface area (Å²) in [6.07, 6.45) is 17.5. The summed E-state index contributed by atoms with van der Waals surface area (Å²) in [6.45, 7) is 6.72. The number of nitrogens with two attached hydrogens (primary N) is 1. The fourth-order valence-electron chi connectivity index (χ4n) is 6.78. The number of carboxylic acid groups (broad SMARTS) is 1. The third-order valence-electron chi connectivity index (χ3n) is 9.25. The van der Waals surface area contributed by atoms with Crippen LogP contribution in [0.4, 0.5) is 0 Å². The molecule has 1 heterocycles. The van der Waals surface area contributed by atoms with E-state index in [9.17, 15) is 25.2 Å². The largest absolute Gasteiger partial charge is 0.481 e. The lowest BCUT2D eigenvalue weighted by Crippen LogP contribution is -2.33. The maximum Gasteiger partial charge on any atom is 0.309 e. The van der Waals surface area contributed by atoms with Crippen molar-refractivity contribution in [2.24, 2.45) is 23.5 Å². The van der Waals surface area contributed by atoms with E-state index in [0.717, 1.165) is 71.0 Å². The molecule has 238 valence electrons. The number of carbonyl (C=O) groups is 1. The van der Waals surface area contributed by atoms with Gasteiger partial charge in [0.05, 0.1) is 29.5 Å². The molecule has 0 radical (unpaired) electrons. The molecule has 0 aromatic carbocycles. The minimum absolute atomic E-state index is 0.227. The molecule has 41 heavy (non-hydrogen) atoms. The second-order valence-electron chi connectivity index (χ2n) is 12.8. The molecule has 6 atom stereocenters. The first-order chi connectivity index (χ1) is 19.7. The number of aliphatic carboxylic acids is 1. The Labute approximate surface area is 249 Å². The standard InChI is InChI=1S/C33H61N3O5/c1-3-5-6-7-10-13-28(37)14-11-8-9-12-15-29(32(39)40)30(38)16-18-33(41)22-26(27(23-33)24-35-4-2)20-25-17-19-36-31(34)21-25/h17,21,26-30,35-38,41H,3-16,18-20,22-24,34H2,1-2H3,(H,39,40)/t26-,27+,28+,29+,30-,33+/m1/s1. The third kappa shape index (κ3) is 13.9. The molecule has 1 aliphatic carbocycles. The first-order valence-electron chi connectivity index (χ1n) is 16.6. The summed E-state index contributed by atoms with van der Waals surface area (Å²) in [4.78, 5) is 12.0. The topological polar surface area (TPSA) is 148 Å². The lowest BCUT2D eigenvalue weighted by atomic mass is 9.86. The fourth-order valence-corrected chi connectivity index (χ4v) is 6.78. The van der Waals surface area contributed by atoms with Crippen molar-refractivity contribution in [3.63, 3.8) is 0 Å². The van der Waals surface area contributed by atoms with E-state index in [1.807, 2.05) is 6.08 Å². The predicted molar refractivity (Wildman–Crippen MR) is 166 cm³/mol. The van der Waals surface area contributed by atoms with Crippen LogP contribution in [0.1, 0.15) is 123 Å². The third-order valence-corrected chi connectivity index (χ3v) is 9.25. The maximum absolute atomic E-state index is 12.0. The van der Waals surface area contributed by atoms with Crippen LogP contribution >= 0.6 is 0 Å². The molecule has 8 nitrogen and oxygen atoms in total. The molecule has 1 saturated carbocycles. The first-order valence-corrected chi connectivity index (χ1v) is 16.6. The number of unbranched alkanes of at least 4 members (excludes halogenated alkanes) is 7. The Balaban J connectivity index is 1.74. The first kappa shape index (κ1) is 35.6. The highest BCUT2D eigenvalue weighted by atomic mass is 16.4. The average molecular weight is 580 g/mol. The number of aliphatic hydroxyl groups is 3. The molecule has 1 aliphatic heterocycles. The van der Waals surface area contributed by atoms with Crippen LogP contribution in [0.2, 0.25) is 0 Å². The van der Waals surface area contributed by atoms with Gasteiger partial charge in [0.25, 0.3) is 0 Å². The van der Waals surface area contributed by atoms with E-state index in [1.54, 1.807) is 0 Å². The molecule has 0 saturated heterocycles. The summed E-state index contributed by atoms with van der Waals surface area (Å²) in [7, 11) is 0. The van der Waals surface area contributed by atoms with Crippen molar-refractivity contribution >= 4 is 5.97 Å². The van der Waals surface area contributed by atoms with Gasteiger partial charge >= 0.3 is 5.97 Å². The number of hydrogen-bond donors (Lipinski definition) is 7. The number of rotatable bonds is 23. The number of dihydropyridines is 1. The summed E-state index contributed by atoms with van der Waals surface area (Å²) < 4.78 is 0. The van der Waals surface area contributed by atoms with Gasteiger partial charge in [-0.25, -0.2) is 0 Å². The predicted octanol–water partition coefficient (Wildman–Crippen LogP) is 4.98. The average Bonchev–Trinajstić information content (AvgIpc) is 3.24. The van der Waals surface area contributed by atoms with Gasteiger partial charge in [-0.2, -0.15) is 0 Å². The highest BCUT2D eigenvalue weighted by molar-refractivity contribution is 5.70. The Morgan fingerprint density at radius 3 is 2.24 bits per heavy atom. The molecule has 1 fully saturated rings. The SMILES string of the molecule is CCCCCCC[C@H](O)CCCCCC[C@H](C(=O)O)[C@H](O)CC[C@@]1(O)C[C@@H](CNCC)[C@H](CC2=CCNC(N)=C2)C1. The second kappa shape index (κ2) is 19.6. The maximum atomic E-state index is 12.0. The zero-order valence-electron chi connectivity index (χ0n) is 26.0. The Hall–Kier alpha value is -1.61. The molecule has 0 aromatic heterocycles. The smallest absolute Gasteiger partial charge is 0.309 e. The summed E-state index contributed by atoms with van der Waals surface area (Å²) in [5.41, 5.74) is 6.26. The molecule has 8 heteroatoms. The van der Waals surface area contributed by atoms with E-state index in [1.165, 1.54) is 31.3 Å². The van der Waals surface area contributed by atoms with Gasteiger partial charge in [0.2, 0.25) is 0 Å². The number of carboxylic acids is 1. The molecular formula is C33H61N3O5. The summed E-state index contributed by atoms with van der Waals surface area (Å²) in [5.74, 6) is -0.473. The Morgan fingerprint density at radius 1 is 1.00 bits per heavy atom. The van der Waals surface area contributed by atoms with Gasteiger partial charge in [0, 0.05) is 6.54 Å². The number of nitrogens with one attached hydrogen (secondary N) is 2. The van der Waals surface area contributed by atoms with Crippen molar-refractivity contribution in [2.45, 2.75) is 141 Å². The van der Waals surface area contributed by atoms with Crippen LogP contribution < -0.4 is 16.4 Å². The highest BCUT2D eigenvalue weighted by Gasteiger charge is 2.44. The van der Waals surface area contributed by atoms with Gasteiger partial charge in [-0.1, -0.05) is 77.7 Å². The van der Waals surface area contributed by atoms with Crippen LogP contribution in [0, 0.1) is 17.8 Å². The summed E-state index contributed by atoms with van der Waals surface area (Å²) >= 11 is 0. The zero-order valence-corrected chi connectivity index (χ0v) is 26.0. The fraction of sp³-hybridized carbons (Fsp3) is 0.848. The molecule has 2 aliphatic rings. The molecule has 0 aromatic rings. The van der Waals surface area contributed by atoms with E-state index in [0.29, 0.717) is 43.3 Å². The van der Waals surface area contributed by atoms with Crippen LogP contribution in [-0.4, -0.2) is 63.8 Å². The van der Waals surface area contributed by atoms with Gasteiger partial charge in [-0.05, 0) is 87.9 Å². The van der Waals surface area contributed by atoms with Crippen molar-refractivity contribution in [3.8, 4) is 0 Å². The van der Waals surface area contributed by atoms with Crippen LogP contribution in [-0.2, 0) is 4.79 Å². The quantitative estimate of drug-likeness (QED) is 0.0839. The number of allylic oxidation sites excluding steroid dienone is 2. The zero-order chi connectivity index (χ0) is 30.1.